The zero-order chi connectivity index (χ0) is 14.8. The van der Waals surface area contributed by atoms with Crippen molar-refractivity contribution in [3.05, 3.63) is 59.2 Å². The summed E-state index contributed by atoms with van der Waals surface area (Å²) in [4.78, 5) is 22.0. The summed E-state index contributed by atoms with van der Waals surface area (Å²) < 4.78 is 4.81. The van der Waals surface area contributed by atoms with E-state index in [4.69, 9.17) is 9.94 Å². The van der Waals surface area contributed by atoms with Crippen LogP contribution in [0.2, 0.25) is 0 Å². The molecule has 0 heterocycles. The minimum atomic E-state index is -1.18. The number of ether oxygens (including phenoxy) is 1. The van der Waals surface area contributed by atoms with Crippen molar-refractivity contribution in [2.75, 3.05) is 0 Å². The van der Waals surface area contributed by atoms with Crippen LogP contribution in [0.3, 0.4) is 0 Å². The van der Waals surface area contributed by atoms with Gasteiger partial charge in [-0.25, -0.2) is 10.3 Å². The van der Waals surface area contributed by atoms with Gasteiger partial charge in [-0.15, -0.1) is 0 Å². The first-order valence-electron chi connectivity index (χ1n) is 6.50. The lowest BCUT2D eigenvalue weighted by Gasteiger charge is -2.06. The second-order valence-electron chi connectivity index (χ2n) is 4.84. The molecular formula is C16H13NO4. The number of fused-ring (bicyclic) bond motifs is 3. The molecule has 1 aliphatic carbocycles. The fourth-order valence-electron chi connectivity index (χ4n) is 2.55. The number of amides is 1. The molecule has 0 saturated heterocycles. The van der Waals surface area contributed by atoms with Crippen LogP contribution in [0.1, 0.15) is 16.7 Å². The van der Waals surface area contributed by atoms with Gasteiger partial charge in [0.1, 0.15) is 6.61 Å². The maximum Gasteiger partial charge on any atom is 0.399 e. The summed E-state index contributed by atoms with van der Waals surface area (Å²) in [6, 6.07) is 14.0. The molecule has 0 radical (unpaired) electrons. The van der Waals surface area contributed by atoms with Crippen LogP contribution in [0.4, 0.5) is 0 Å². The van der Waals surface area contributed by atoms with E-state index in [9.17, 15) is 9.59 Å². The Kier molecular flexibility index (Phi) is 3.41. The van der Waals surface area contributed by atoms with Crippen molar-refractivity contribution in [2.24, 2.45) is 0 Å². The summed E-state index contributed by atoms with van der Waals surface area (Å²) >= 11 is 0. The van der Waals surface area contributed by atoms with Crippen molar-refractivity contribution in [2.45, 2.75) is 13.0 Å². The molecule has 0 aliphatic heterocycles. The van der Waals surface area contributed by atoms with Crippen LogP contribution in [0.15, 0.2) is 42.5 Å². The number of hydroxylamine groups is 1. The number of carbonyl (C=O) groups excluding carboxylic acids is 2. The van der Waals surface area contributed by atoms with E-state index in [1.807, 2.05) is 30.3 Å². The molecular weight excluding hydrogens is 270 g/mol. The molecule has 21 heavy (non-hydrogen) atoms. The van der Waals surface area contributed by atoms with Gasteiger partial charge in [-0.2, -0.15) is 0 Å². The van der Waals surface area contributed by atoms with Gasteiger partial charge in [0, 0.05) is 0 Å². The predicted molar refractivity (Wildman–Crippen MR) is 74.4 cm³/mol. The molecule has 0 saturated carbocycles. The van der Waals surface area contributed by atoms with E-state index in [-0.39, 0.29) is 6.61 Å². The number of rotatable bonds is 2. The Balaban J connectivity index is 1.75. The van der Waals surface area contributed by atoms with E-state index in [0.717, 1.165) is 12.0 Å². The van der Waals surface area contributed by atoms with Crippen LogP contribution in [-0.2, 0) is 27.4 Å². The highest BCUT2D eigenvalue weighted by atomic mass is 16.6. The van der Waals surface area contributed by atoms with Crippen molar-refractivity contribution in [1.82, 2.24) is 5.48 Å². The second-order valence-corrected chi connectivity index (χ2v) is 4.84. The van der Waals surface area contributed by atoms with Crippen LogP contribution in [0.5, 0.6) is 0 Å². The molecule has 5 nitrogen and oxygen atoms in total. The van der Waals surface area contributed by atoms with Crippen molar-refractivity contribution >= 4 is 11.9 Å². The number of esters is 1. The fraction of sp³-hybridized carbons (Fsp3) is 0.125. The second kappa shape index (κ2) is 5.38. The zero-order valence-corrected chi connectivity index (χ0v) is 11.1. The minimum absolute atomic E-state index is 0.00409. The molecule has 106 valence electrons. The molecule has 1 aliphatic rings. The number of nitrogens with one attached hydrogen (secondary N) is 1. The molecule has 0 spiro atoms. The molecule has 2 aromatic carbocycles. The summed E-state index contributed by atoms with van der Waals surface area (Å²) in [6.07, 6.45) is 0.852. The Hall–Kier alpha value is -2.66. The van der Waals surface area contributed by atoms with Gasteiger partial charge in [0.15, 0.2) is 0 Å². The molecule has 0 unspecified atom stereocenters. The Morgan fingerprint density at radius 2 is 1.86 bits per heavy atom. The highest BCUT2D eigenvalue weighted by Crippen LogP contribution is 2.36. The van der Waals surface area contributed by atoms with Crippen LogP contribution in [0.25, 0.3) is 11.1 Å². The van der Waals surface area contributed by atoms with E-state index in [1.165, 1.54) is 27.7 Å². The summed E-state index contributed by atoms with van der Waals surface area (Å²) in [5, 5.41) is 8.33. The lowest BCUT2D eigenvalue weighted by molar-refractivity contribution is -0.159. The van der Waals surface area contributed by atoms with Gasteiger partial charge in [-0.3, -0.25) is 10.0 Å². The fourth-order valence-corrected chi connectivity index (χ4v) is 2.55. The third-order valence-corrected chi connectivity index (χ3v) is 3.51. The van der Waals surface area contributed by atoms with E-state index >= 15 is 0 Å². The zero-order valence-electron chi connectivity index (χ0n) is 11.1. The largest absolute Gasteiger partial charge is 0.454 e. The van der Waals surface area contributed by atoms with E-state index in [2.05, 4.69) is 12.1 Å². The molecule has 0 atom stereocenters. The van der Waals surface area contributed by atoms with Gasteiger partial charge < -0.3 is 4.74 Å². The van der Waals surface area contributed by atoms with Crippen molar-refractivity contribution in [3.8, 4) is 11.1 Å². The molecule has 5 heteroatoms. The third kappa shape index (κ3) is 2.51. The van der Waals surface area contributed by atoms with Gasteiger partial charge in [0.25, 0.3) is 0 Å². The lowest BCUT2D eigenvalue weighted by Crippen LogP contribution is -2.29. The summed E-state index contributed by atoms with van der Waals surface area (Å²) in [7, 11) is 0. The Morgan fingerprint density at radius 1 is 1.10 bits per heavy atom. The Morgan fingerprint density at radius 3 is 2.67 bits per heavy atom. The third-order valence-electron chi connectivity index (χ3n) is 3.51. The highest BCUT2D eigenvalue weighted by molar-refractivity contribution is 6.32. The van der Waals surface area contributed by atoms with Crippen molar-refractivity contribution in [1.29, 1.82) is 0 Å². The van der Waals surface area contributed by atoms with Gasteiger partial charge in [-0.1, -0.05) is 42.5 Å². The monoisotopic (exact) mass is 283 g/mol. The summed E-state index contributed by atoms with van der Waals surface area (Å²) in [5.41, 5.74) is 6.92. The molecule has 2 aromatic rings. The van der Waals surface area contributed by atoms with E-state index in [1.54, 1.807) is 0 Å². The van der Waals surface area contributed by atoms with Crippen molar-refractivity contribution < 1.29 is 19.5 Å². The normalized spacial score (nSPS) is 11.5. The quantitative estimate of drug-likeness (QED) is 0.325. The van der Waals surface area contributed by atoms with Crippen molar-refractivity contribution in [3.63, 3.8) is 0 Å². The molecule has 0 bridgehead atoms. The van der Waals surface area contributed by atoms with E-state index in [0.29, 0.717) is 0 Å². The first-order chi connectivity index (χ1) is 10.2. The first kappa shape index (κ1) is 13.3. The molecule has 3 rings (SSSR count). The van der Waals surface area contributed by atoms with Crippen LogP contribution in [0, 0.1) is 0 Å². The Bertz CT molecular complexity index is 724. The van der Waals surface area contributed by atoms with Gasteiger partial charge >= 0.3 is 11.9 Å². The molecule has 1 amide bonds. The number of hydrogen-bond acceptors (Lipinski definition) is 4. The smallest absolute Gasteiger partial charge is 0.399 e. The van der Waals surface area contributed by atoms with Gasteiger partial charge in [0.2, 0.25) is 0 Å². The first-order valence-corrected chi connectivity index (χ1v) is 6.50. The summed E-state index contributed by atoms with van der Waals surface area (Å²) in [5.74, 6) is -2.29. The van der Waals surface area contributed by atoms with Crippen LogP contribution >= 0.6 is 0 Å². The predicted octanol–water partition coefficient (Wildman–Crippen LogP) is 1.81. The minimum Gasteiger partial charge on any atom is -0.454 e. The molecule has 2 N–H and O–H groups in total. The van der Waals surface area contributed by atoms with Gasteiger partial charge in [0.05, 0.1) is 0 Å². The maximum absolute atomic E-state index is 11.2. The van der Waals surface area contributed by atoms with Gasteiger partial charge in [-0.05, 0) is 34.2 Å². The molecule has 0 aromatic heterocycles. The lowest BCUT2D eigenvalue weighted by atomic mass is 10.0. The number of benzene rings is 2. The topological polar surface area (TPSA) is 75.6 Å². The average Bonchev–Trinajstić information content (AvgIpc) is 2.89. The number of carbonyl (C=O) groups is 2. The average molecular weight is 283 g/mol. The Labute approximate surface area is 121 Å². The highest BCUT2D eigenvalue weighted by Gasteiger charge is 2.19. The van der Waals surface area contributed by atoms with Crippen LogP contribution in [-0.4, -0.2) is 17.1 Å². The van der Waals surface area contributed by atoms with E-state index < -0.39 is 11.9 Å². The van der Waals surface area contributed by atoms with Crippen LogP contribution < -0.4 is 5.48 Å². The number of hydrogen-bond donors (Lipinski definition) is 2. The maximum atomic E-state index is 11.2. The summed E-state index contributed by atoms with van der Waals surface area (Å²) in [6.45, 7) is -0.00409. The molecule has 0 fully saturated rings. The standard InChI is InChI=1S/C16H13NO4/c18-15(17-20)16(19)21-9-10-5-6-14-12(7-10)8-11-3-1-2-4-13(11)14/h1-7,20H,8-9H2,(H,17,18). The SMILES string of the molecule is O=C(NO)C(=O)OCc1ccc2c(c1)Cc1ccccc1-2.